The van der Waals surface area contributed by atoms with Crippen LogP contribution in [0.5, 0.6) is 0 Å². The van der Waals surface area contributed by atoms with E-state index in [-0.39, 0.29) is 17.8 Å². The molecule has 1 heterocycles. The predicted molar refractivity (Wildman–Crippen MR) is 79.7 cm³/mol. The molecule has 2 rings (SSSR count). The summed E-state index contributed by atoms with van der Waals surface area (Å²) in [5.41, 5.74) is 0.578. The summed E-state index contributed by atoms with van der Waals surface area (Å²) in [7, 11) is 0. The molecule has 2 unspecified atom stereocenters. The molecule has 5 heteroatoms. The van der Waals surface area contributed by atoms with E-state index in [1.165, 1.54) is 6.07 Å². The van der Waals surface area contributed by atoms with Crippen molar-refractivity contribution in [3.8, 4) is 0 Å². The summed E-state index contributed by atoms with van der Waals surface area (Å²) in [5, 5.41) is 7.37. The summed E-state index contributed by atoms with van der Waals surface area (Å²) >= 11 is 0. The molecule has 114 valence electrons. The summed E-state index contributed by atoms with van der Waals surface area (Å²) in [6.07, 6.45) is 1.43. The zero-order valence-electron chi connectivity index (χ0n) is 12.8. The minimum Gasteiger partial charge on any atom is -0.339 e. The minimum atomic E-state index is -0.241. The first-order valence-electron chi connectivity index (χ1n) is 7.41. The molecule has 1 aromatic carbocycles. The quantitative estimate of drug-likeness (QED) is 0.850. The van der Waals surface area contributed by atoms with Gasteiger partial charge in [0.15, 0.2) is 5.82 Å². The highest BCUT2D eigenvalue weighted by molar-refractivity contribution is 5.20. The van der Waals surface area contributed by atoms with Crippen molar-refractivity contribution in [2.24, 2.45) is 0 Å². The maximum Gasteiger partial charge on any atom is 0.231 e. The van der Waals surface area contributed by atoms with Crippen molar-refractivity contribution in [3.63, 3.8) is 0 Å². The molecule has 0 spiro atoms. The lowest BCUT2D eigenvalue weighted by atomic mass is 10.0. The normalized spacial score (nSPS) is 14.1. The van der Waals surface area contributed by atoms with E-state index in [2.05, 4.69) is 29.3 Å². The second-order valence-corrected chi connectivity index (χ2v) is 5.35. The summed E-state index contributed by atoms with van der Waals surface area (Å²) < 4.78 is 18.9. The Hall–Kier alpha value is -1.75. The first kappa shape index (κ1) is 15.6. The van der Waals surface area contributed by atoms with Crippen molar-refractivity contribution in [2.75, 3.05) is 6.54 Å². The van der Waals surface area contributed by atoms with Crippen molar-refractivity contribution in [1.82, 2.24) is 15.5 Å². The van der Waals surface area contributed by atoms with Crippen molar-refractivity contribution in [1.29, 1.82) is 0 Å². The number of hydrogen-bond donors (Lipinski definition) is 1. The number of halogens is 1. The molecule has 1 N–H and O–H groups in total. The molecular weight excluding hydrogens is 269 g/mol. The molecule has 0 aliphatic rings. The summed E-state index contributed by atoms with van der Waals surface area (Å²) in [4.78, 5) is 4.39. The molecule has 0 saturated heterocycles. The van der Waals surface area contributed by atoms with Gasteiger partial charge in [-0.1, -0.05) is 37.2 Å². The Bertz CT molecular complexity index is 570. The van der Waals surface area contributed by atoms with Crippen LogP contribution in [-0.4, -0.2) is 22.7 Å². The lowest BCUT2D eigenvalue weighted by Gasteiger charge is -2.17. The smallest absolute Gasteiger partial charge is 0.231 e. The van der Waals surface area contributed by atoms with E-state index in [0.29, 0.717) is 23.7 Å². The Morgan fingerprint density at radius 3 is 2.76 bits per heavy atom. The van der Waals surface area contributed by atoms with E-state index in [9.17, 15) is 4.39 Å². The monoisotopic (exact) mass is 291 g/mol. The van der Waals surface area contributed by atoms with E-state index in [4.69, 9.17) is 4.52 Å². The van der Waals surface area contributed by atoms with Crippen LogP contribution < -0.4 is 5.32 Å². The van der Waals surface area contributed by atoms with Crippen molar-refractivity contribution < 1.29 is 8.91 Å². The molecule has 0 radical (unpaired) electrons. The number of nitrogens with one attached hydrogen (secondary N) is 1. The second kappa shape index (κ2) is 7.31. The number of benzene rings is 1. The van der Waals surface area contributed by atoms with E-state index in [0.717, 1.165) is 13.0 Å². The summed E-state index contributed by atoms with van der Waals surface area (Å²) in [6.45, 7) is 7.24. The zero-order valence-corrected chi connectivity index (χ0v) is 12.8. The predicted octanol–water partition coefficient (Wildman–Crippen LogP) is 3.29. The van der Waals surface area contributed by atoms with Crippen LogP contribution >= 0.6 is 0 Å². The van der Waals surface area contributed by atoms with Crippen LogP contribution in [0.15, 0.2) is 28.8 Å². The average Bonchev–Trinajstić information content (AvgIpc) is 2.95. The van der Waals surface area contributed by atoms with Crippen molar-refractivity contribution >= 4 is 0 Å². The first-order chi connectivity index (χ1) is 10.1. The third-order valence-corrected chi connectivity index (χ3v) is 3.65. The topological polar surface area (TPSA) is 51.0 Å². The van der Waals surface area contributed by atoms with Gasteiger partial charge in [0, 0.05) is 12.5 Å². The number of hydrogen-bond acceptors (Lipinski definition) is 4. The Morgan fingerprint density at radius 1 is 1.29 bits per heavy atom. The first-order valence-corrected chi connectivity index (χ1v) is 7.41. The largest absolute Gasteiger partial charge is 0.339 e. The Balaban J connectivity index is 2.02. The van der Waals surface area contributed by atoms with E-state index < -0.39 is 0 Å². The highest BCUT2D eigenvalue weighted by Gasteiger charge is 2.20. The third-order valence-electron chi connectivity index (χ3n) is 3.65. The molecule has 0 bridgehead atoms. The van der Waals surface area contributed by atoms with Gasteiger partial charge in [0.2, 0.25) is 5.89 Å². The molecule has 0 amide bonds. The van der Waals surface area contributed by atoms with E-state index in [1.54, 1.807) is 18.2 Å². The summed E-state index contributed by atoms with van der Waals surface area (Å²) in [5.74, 6) is 0.996. The highest BCUT2D eigenvalue weighted by atomic mass is 19.1. The highest BCUT2D eigenvalue weighted by Crippen LogP contribution is 2.18. The van der Waals surface area contributed by atoms with E-state index >= 15 is 0 Å². The van der Waals surface area contributed by atoms with Crippen LogP contribution in [0.4, 0.5) is 4.39 Å². The van der Waals surface area contributed by atoms with Crippen LogP contribution in [0.1, 0.15) is 50.4 Å². The Labute approximate surface area is 124 Å². The van der Waals surface area contributed by atoms with Gasteiger partial charge in [0.05, 0.1) is 5.92 Å². The molecule has 4 nitrogen and oxygen atoms in total. The van der Waals surface area contributed by atoms with Gasteiger partial charge in [0.1, 0.15) is 5.82 Å². The molecule has 0 aliphatic heterocycles. The van der Waals surface area contributed by atoms with Crippen LogP contribution in [0.3, 0.4) is 0 Å². The zero-order chi connectivity index (χ0) is 15.2. The fourth-order valence-electron chi connectivity index (χ4n) is 2.10. The van der Waals surface area contributed by atoms with Gasteiger partial charge >= 0.3 is 0 Å². The van der Waals surface area contributed by atoms with Crippen LogP contribution in [0.2, 0.25) is 0 Å². The van der Waals surface area contributed by atoms with E-state index in [1.807, 2.05) is 6.92 Å². The second-order valence-electron chi connectivity index (χ2n) is 5.35. The number of rotatable bonds is 7. The Kier molecular flexibility index (Phi) is 5.44. The molecule has 0 fully saturated rings. The molecular formula is C16H22FN3O. The minimum absolute atomic E-state index is 0.124. The average molecular weight is 291 g/mol. The van der Waals surface area contributed by atoms with Crippen LogP contribution in [-0.2, 0) is 6.42 Å². The van der Waals surface area contributed by atoms with Gasteiger partial charge < -0.3 is 9.84 Å². The Morgan fingerprint density at radius 2 is 2.05 bits per heavy atom. The van der Waals surface area contributed by atoms with Crippen molar-refractivity contribution in [2.45, 2.75) is 45.6 Å². The number of aromatic nitrogens is 2. The van der Waals surface area contributed by atoms with Crippen LogP contribution in [0, 0.1) is 5.82 Å². The summed E-state index contributed by atoms with van der Waals surface area (Å²) in [6, 6.07) is 6.91. The molecule has 2 atom stereocenters. The molecule has 0 aliphatic carbocycles. The fourth-order valence-corrected chi connectivity index (χ4v) is 2.10. The van der Waals surface area contributed by atoms with Gasteiger partial charge in [-0.2, -0.15) is 4.98 Å². The van der Waals surface area contributed by atoms with Crippen LogP contribution in [0.25, 0.3) is 0 Å². The van der Waals surface area contributed by atoms with Gasteiger partial charge in [0.25, 0.3) is 0 Å². The molecule has 21 heavy (non-hydrogen) atoms. The standard InChI is InChI=1S/C16H22FN3O/c1-4-9-18-12(3)11(2)16-19-15(20-21-16)10-13-7-5-6-8-14(13)17/h5-8,11-12,18H,4,9-10H2,1-3H3. The van der Waals surface area contributed by atoms with Gasteiger partial charge in [-0.3, -0.25) is 0 Å². The van der Waals surface area contributed by atoms with Gasteiger partial charge in [-0.15, -0.1) is 0 Å². The molecule has 2 aromatic rings. The number of nitrogens with zero attached hydrogens (tertiary/aromatic N) is 2. The molecule has 1 aromatic heterocycles. The van der Waals surface area contributed by atoms with Gasteiger partial charge in [-0.25, -0.2) is 4.39 Å². The SMILES string of the molecule is CCCNC(C)C(C)c1nc(Cc2ccccc2F)no1. The fraction of sp³-hybridized carbons (Fsp3) is 0.500. The third kappa shape index (κ3) is 4.11. The maximum atomic E-state index is 13.6. The van der Waals surface area contributed by atoms with Crippen molar-refractivity contribution in [3.05, 3.63) is 47.4 Å². The maximum absolute atomic E-state index is 13.6. The molecule has 0 saturated carbocycles. The lowest BCUT2D eigenvalue weighted by molar-refractivity contribution is 0.328. The lowest BCUT2D eigenvalue weighted by Crippen LogP contribution is -2.31. The van der Waals surface area contributed by atoms with Gasteiger partial charge in [-0.05, 0) is 31.5 Å².